The molecule has 0 amide bonds. The van der Waals surface area contributed by atoms with E-state index in [-0.39, 0.29) is 12.4 Å². The zero-order chi connectivity index (χ0) is 8.04. The van der Waals surface area contributed by atoms with Crippen LogP contribution in [0.1, 0.15) is 0 Å². The molecule has 0 aromatic rings. The molecule has 6 heteroatoms. The summed E-state index contributed by atoms with van der Waals surface area (Å²) in [6.07, 6.45) is 0. The first-order valence-corrected chi connectivity index (χ1v) is 4.95. The Bertz CT molecular complexity index is 167. The Morgan fingerprint density at radius 2 is 2.00 bits per heavy atom. The van der Waals surface area contributed by atoms with Crippen molar-refractivity contribution in [2.75, 3.05) is 24.8 Å². The lowest BCUT2D eigenvalue weighted by atomic mass is 10.8. The molecular formula is C4H10ClNO3S. The van der Waals surface area contributed by atoms with Crippen molar-refractivity contribution in [2.45, 2.75) is 0 Å². The van der Waals surface area contributed by atoms with Crippen LogP contribution in [0.2, 0.25) is 0 Å². The first kappa shape index (κ1) is 10.2. The molecule has 0 aliphatic rings. The summed E-state index contributed by atoms with van der Waals surface area (Å²) in [5.74, 6) is 0.217. The topological polar surface area (TPSA) is 69.4 Å². The van der Waals surface area contributed by atoms with E-state index in [1.165, 1.54) is 0 Å². The Morgan fingerprint density at radius 1 is 1.40 bits per heavy atom. The van der Waals surface area contributed by atoms with Gasteiger partial charge in [-0.3, -0.25) is 0 Å². The first-order valence-electron chi connectivity index (χ1n) is 2.70. The summed E-state index contributed by atoms with van der Waals surface area (Å²) in [7, 11) is -3.37. The molecule has 0 bridgehead atoms. The van der Waals surface area contributed by atoms with Crippen molar-refractivity contribution in [1.82, 2.24) is 0 Å². The van der Waals surface area contributed by atoms with Crippen LogP contribution in [0, 0.1) is 0 Å². The zero-order valence-electron chi connectivity index (χ0n) is 5.42. The molecule has 0 fully saturated rings. The quantitative estimate of drug-likeness (QED) is 0.468. The number of nitrogens with two attached hydrogens (primary N) is 1. The molecule has 0 radical (unpaired) electrons. The Kier molecular flexibility index (Phi) is 4.98. The average molecular weight is 188 g/mol. The molecule has 0 saturated heterocycles. The number of hydrogen-bond donors (Lipinski definition) is 1. The maximum Gasteiger partial charge on any atom is 0.211 e. The maximum absolute atomic E-state index is 10.3. The summed E-state index contributed by atoms with van der Waals surface area (Å²) in [6.45, 7) is 0.475. The van der Waals surface area contributed by atoms with Gasteiger partial charge in [0.2, 0.25) is 10.0 Å². The standard InChI is InChI=1S/C4H10ClNO3S/c5-1-2-9-3-4-10(6,7)8/h1-4H2,(H2,6,7,8). The minimum atomic E-state index is -3.37. The number of hydrogen-bond acceptors (Lipinski definition) is 3. The van der Waals surface area contributed by atoms with E-state index >= 15 is 0 Å². The van der Waals surface area contributed by atoms with Crippen LogP contribution in [0.4, 0.5) is 0 Å². The van der Waals surface area contributed by atoms with Gasteiger partial charge in [0.25, 0.3) is 0 Å². The SMILES string of the molecule is NS(=O)(=O)CCOCCCl. The molecule has 0 spiro atoms. The Hall–Kier alpha value is 0.160. The maximum atomic E-state index is 10.3. The van der Waals surface area contributed by atoms with Gasteiger partial charge >= 0.3 is 0 Å². The van der Waals surface area contributed by atoms with Gasteiger partial charge in [-0.05, 0) is 0 Å². The summed E-state index contributed by atoms with van der Waals surface area (Å²) in [4.78, 5) is 0. The summed E-state index contributed by atoms with van der Waals surface area (Å²) in [5, 5.41) is 4.68. The molecule has 0 atom stereocenters. The Morgan fingerprint density at radius 3 is 2.40 bits per heavy atom. The second kappa shape index (κ2) is 4.90. The lowest BCUT2D eigenvalue weighted by Crippen LogP contribution is -2.20. The summed E-state index contributed by atoms with van der Waals surface area (Å²) in [6, 6.07) is 0. The van der Waals surface area contributed by atoms with Crippen molar-refractivity contribution >= 4 is 21.6 Å². The average Bonchev–Trinajstić information content (AvgIpc) is 1.78. The predicted molar refractivity (Wildman–Crippen MR) is 39.5 cm³/mol. The minimum Gasteiger partial charge on any atom is -0.379 e. The fourth-order valence-corrected chi connectivity index (χ4v) is 0.791. The smallest absolute Gasteiger partial charge is 0.211 e. The summed E-state index contributed by atoms with van der Waals surface area (Å²) in [5.41, 5.74) is 0. The number of alkyl halides is 1. The molecule has 10 heavy (non-hydrogen) atoms. The number of primary sulfonamides is 1. The van der Waals surface area contributed by atoms with Crippen LogP contribution in [0.25, 0.3) is 0 Å². The minimum absolute atomic E-state index is 0.117. The van der Waals surface area contributed by atoms with Crippen LogP contribution in [0.3, 0.4) is 0 Å². The zero-order valence-corrected chi connectivity index (χ0v) is 6.99. The number of halogens is 1. The van der Waals surface area contributed by atoms with Gasteiger partial charge < -0.3 is 4.74 Å². The van der Waals surface area contributed by atoms with E-state index in [9.17, 15) is 8.42 Å². The second-order valence-corrected chi connectivity index (χ2v) is 3.78. The van der Waals surface area contributed by atoms with Gasteiger partial charge in [-0.15, -0.1) is 11.6 Å². The molecule has 0 unspecified atom stereocenters. The van der Waals surface area contributed by atoms with Gasteiger partial charge in [0.15, 0.2) is 0 Å². The molecular weight excluding hydrogens is 178 g/mol. The fourth-order valence-electron chi connectivity index (χ4n) is 0.332. The summed E-state index contributed by atoms with van der Waals surface area (Å²) < 4.78 is 25.3. The molecule has 0 aliphatic carbocycles. The monoisotopic (exact) mass is 187 g/mol. The molecule has 2 N–H and O–H groups in total. The predicted octanol–water partition coefficient (Wildman–Crippen LogP) is -0.470. The van der Waals surface area contributed by atoms with E-state index < -0.39 is 10.0 Å². The van der Waals surface area contributed by atoms with Crippen LogP contribution in [0.15, 0.2) is 0 Å². The molecule has 0 saturated carbocycles. The van der Waals surface area contributed by atoms with Crippen molar-refractivity contribution < 1.29 is 13.2 Å². The van der Waals surface area contributed by atoms with E-state index in [0.717, 1.165) is 0 Å². The van der Waals surface area contributed by atoms with Gasteiger partial charge in [0, 0.05) is 5.88 Å². The highest BCUT2D eigenvalue weighted by atomic mass is 35.5. The van der Waals surface area contributed by atoms with Crippen LogP contribution in [-0.4, -0.2) is 33.3 Å². The van der Waals surface area contributed by atoms with Crippen molar-refractivity contribution in [3.8, 4) is 0 Å². The number of ether oxygens (including phenoxy) is 1. The van der Waals surface area contributed by atoms with E-state index in [1.54, 1.807) is 0 Å². The molecule has 0 aromatic heterocycles. The first-order chi connectivity index (χ1) is 4.56. The van der Waals surface area contributed by atoms with Gasteiger partial charge in [0.1, 0.15) is 0 Å². The molecule has 0 aromatic carbocycles. The van der Waals surface area contributed by atoms with Gasteiger partial charge in [-0.25, -0.2) is 13.6 Å². The van der Waals surface area contributed by atoms with Crippen molar-refractivity contribution in [3.63, 3.8) is 0 Å². The fraction of sp³-hybridized carbons (Fsp3) is 1.00. The highest BCUT2D eigenvalue weighted by Gasteiger charge is 2.00. The highest BCUT2D eigenvalue weighted by molar-refractivity contribution is 7.89. The molecule has 0 heterocycles. The molecule has 0 aliphatic heterocycles. The third-order valence-electron chi connectivity index (χ3n) is 0.734. The van der Waals surface area contributed by atoms with Crippen molar-refractivity contribution in [3.05, 3.63) is 0 Å². The van der Waals surface area contributed by atoms with Crippen LogP contribution >= 0.6 is 11.6 Å². The molecule has 0 rings (SSSR count). The van der Waals surface area contributed by atoms with Crippen molar-refractivity contribution in [2.24, 2.45) is 5.14 Å². The van der Waals surface area contributed by atoms with E-state index in [4.69, 9.17) is 16.3 Å². The van der Waals surface area contributed by atoms with Crippen LogP contribution < -0.4 is 5.14 Å². The Labute approximate surface area is 65.4 Å². The number of rotatable bonds is 5. The van der Waals surface area contributed by atoms with Gasteiger partial charge in [-0.1, -0.05) is 0 Å². The van der Waals surface area contributed by atoms with E-state index in [1.807, 2.05) is 0 Å². The summed E-state index contributed by atoms with van der Waals surface area (Å²) >= 11 is 5.25. The molecule has 62 valence electrons. The van der Waals surface area contributed by atoms with Crippen LogP contribution in [-0.2, 0) is 14.8 Å². The normalized spacial score (nSPS) is 11.8. The second-order valence-electron chi connectivity index (χ2n) is 1.67. The van der Waals surface area contributed by atoms with Gasteiger partial charge in [-0.2, -0.15) is 0 Å². The van der Waals surface area contributed by atoms with E-state index in [0.29, 0.717) is 12.5 Å². The van der Waals surface area contributed by atoms with Crippen LogP contribution in [0.5, 0.6) is 0 Å². The largest absolute Gasteiger partial charge is 0.379 e. The van der Waals surface area contributed by atoms with Gasteiger partial charge in [0.05, 0.1) is 19.0 Å². The lowest BCUT2D eigenvalue weighted by Gasteiger charge is -1.98. The lowest BCUT2D eigenvalue weighted by molar-refractivity contribution is 0.165. The number of sulfonamides is 1. The van der Waals surface area contributed by atoms with E-state index in [2.05, 4.69) is 5.14 Å². The Balaban J connectivity index is 3.21. The third kappa shape index (κ3) is 8.16. The molecule has 4 nitrogen and oxygen atoms in total. The highest BCUT2D eigenvalue weighted by Crippen LogP contribution is 1.81. The third-order valence-corrected chi connectivity index (χ3v) is 1.62. The van der Waals surface area contributed by atoms with Crippen molar-refractivity contribution in [1.29, 1.82) is 0 Å².